The van der Waals surface area contributed by atoms with Crippen LogP contribution in [0.2, 0.25) is 0 Å². The smallest absolute Gasteiger partial charge is 0.443 e. The lowest BCUT2D eigenvalue weighted by atomic mass is 10.1. The van der Waals surface area contributed by atoms with E-state index in [2.05, 4.69) is 9.08 Å². The van der Waals surface area contributed by atoms with E-state index >= 15 is 0 Å². The fourth-order valence-corrected chi connectivity index (χ4v) is 3.36. The first kappa shape index (κ1) is 19.6. The van der Waals surface area contributed by atoms with Gasteiger partial charge in [-0.3, -0.25) is 14.3 Å². The van der Waals surface area contributed by atoms with Crippen LogP contribution in [0.4, 0.5) is 4.79 Å². The van der Waals surface area contributed by atoms with Gasteiger partial charge >= 0.3 is 12.1 Å². The number of hydrogen-bond donors (Lipinski definition) is 2. The molecule has 8 nitrogen and oxygen atoms in total. The molecule has 0 aromatic heterocycles. The van der Waals surface area contributed by atoms with Gasteiger partial charge in [0.2, 0.25) is 5.91 Å². The van der Waals surface area contributed by atoms with Crippen LogP contribution in [0.15, 0.2) is 34.7 Å². The van der Waals surface area contributed by atoms with Gasteiger partial charge in [-0.05, 0) is 18.9 Å². The Labute approximate surface area is 140 Å². The molecule has 0 aliphatic rings. The Morgan fingerprint density at radius 2 is 1.92 bits per heavy atom. The van der Waals surface area contributed by atoms with Crippen molar-refractivity contribution >= 4 is 27.9 Å². The van der Waals surface area contributed by atoms with Gasteiger partial charge in [0.15, 0.2) is 0 Å². The number of carboxylic acids is 1. The number of rotatable bonds is 7. The molecule has 0 heterocycles. The topological polar surface area (TPSA) is 122 Å². The van der Waals surface area contributed by atoms with Crippen LogP contribution in [-0.2, 0) is 24.2 Å². The van der Waals surface area contributed by atoms with Crippen molar-refractivity contribution < 1.29 is 28.4 Å². The second-order valence-electron chi connectivity index (χ2n) is 5.03. The highest BCUT2D eigenvalue weighted by molar-refractivity contribution is 7.92. The molecule has 9 heteroatoms. The molecule has 1 aromatic carbocycles. The number of nitrogens with one attached hydrogen (secondary N) is 1. The van der Waals surface area contributed by atoms with Crippen LogP contribution in [0.1, 0.15) is 38.4 Å². The van der Waals surface area contributed by atoms with Gasteiger partial charge < -0.3 is 9.84 Å². The van der Waals surface area contributed by atoms with E-state index in [1.54, 1.807) is 31.2 Å². The van der Waals surface area contributed by atoms with Crippen LogP contribution in [0.25, 0.3) is 0 Å². The molecular formula is C15H20N2O6S. The maximum absolute atomic E-state index is 12.5. The zero-order valence-corrected chi connectivity index (χ0v) is 14.2. The van der Waals surface area contributed by atoms with Gasteiger partial charge in [0.05, 0.1) is 5.75 Å². The largest absolute Gasteiger partial charge is 0.481 e. The SMILES string of the molecule is CC(=O)NS(=O)(CCCC(=O)O)=NC(=O)O[C@@H](C)c1ccccc1. The predicted molar refractivity (Wildman–Crippen MR) is 87.5 cm³/mol. The lowest BCUT2D eigenvalue weighted by molar-refractivity contribution is -0.137. The van der Waals surface area contributed by atoms with Crippen molar-refractivity contribution in [2.24, 2.45) is 4.36 Å². The van der Waals surface area contributed by atoms with Gasteiger partial charge in [-0.2, -0.15) is 0 Å². The zero-order valence-electron chi connectivity index (χ0n) is 13.4. The molecule has 2 N–H and O–H groups in total. The number of hydrogen-bond acceptors (Lipinski definition) is 5. The molecule has 0 radical (unpaired) electrons. The summed E-state index contributed by atoms with van der Waals surface area (Å²) in [4.78, 5) is 33.6. The van der Waals surface area contributed by atoms with Gasteiger partial charge in [0, 0.05) is 13.3 Å². The molecule has 1 unspecified atom stereocenters. The third kappa shape index (κ3) is 7.23. The quantitative estimate of drug-likeness (QED) is 0.773. The normalized spacial score (nSPS) is 14.1. The summed E-state index contributed by atoms with van der Waals surface area (Å²) in [5.41, 5.74) is 0.734. The summed E-state index contributed by atoms with van der Waals surface area (Å²) in [7, 11) is -3.42. The highest BCUT2D eigenvalue weighted by atomic mass is 32.2. The van der Waals surface area contributed by atoms with Crippen molar-refractivity contribution in [3.63, 3.8) is 0 Å². The van der Waals surface area contributed by atoms with Gasteiger partial charge in [-0.15, -0.1) is 4.36 Å². The van der Waals surface area contributed by atoms with E-state index in [1.807, 2.05) is 6.07 Å². The molecule has 1 aromatic rings. The summed E-state index contributed by atoms with van der Waals surface area (Å²) in [6, 6.07) is 8.90. The van der Waals surface area contributed by atoms with Gasteiger partial charge in [0.25, 0.3) is 0 Å². The molecule has 2 amide bonds. The molecule has 2 atom stereocenters. The van der Waals surface area contributed by atoms with Gasteiger partial charge in [0.1, 0.15) is 16.0 Å². The molecule has 0 saturated carbocycles. The summed E-state index contributed by atoms with van der Waals surface area (Å²) < 4.78 is 23.2. The highest BCUT2D eigenvalue weighted by Gasteiger charge is 2.17. The number of ether oxygens (including phenoxy) is 1. The fourth-order valence-electron chi connectivity index (χ4n) is 1.85. The van der Waals surface area contributed by atoms with Crippen molar-refractivity contribution in [2.45, 2.75) is 32.8 Å². The average Bonchev–Trinajstić information content (AvgIpc) is 2.46. The number of amides is 2. The minimum atomic E-state index is -3.42. The summed E-state index contributed by atoms with van der Waals surface area (Å²) >= 11 is 0. The van der Waals surface area contributed by atoms with Crippen molar-refractivity contribution in [1.29, 1.82) is 0 Å². The molecular weight excluding hydrogens is 336 g/mol. The van der Waals surface area contributed by atoms with E-state index < -0.39 is 34.0 Å². The lowest BCUT2D eigenvalue weighted by Crippen LogP contribution is -2.31. The molecule has 0 fully saturated rings. The minimum absolute atomic E-state index is 0.000530. The first-order chi connectivity index (χ1) is 11.2. The van der Waals surface area contributed by atoms with Crippen LogP contribution >= 0.6 is 0 Å². The Hall–Kier alpha value is -2.42. The van der Waals surface area contributed by atoms with Crippen molar-refractivity contribution in [3.8, 4) is 0 Å². The number of carbonyl (C=O) groups excluding carboxylic acids is 2. The van der Waals surface area contributed by atoms with E-state index in [-0.39, 0.29) is 18.6 Å². The minimum Gasteiger partial charge on any atom is -0.481 e. The van der Waals surface area contributed by atoms with Crippen LogP contribution in [0.3, 0.4) is 0 Å². The van der Waals surface area contributed by atoms with Gasteiger partial charge in [-0.25, -0.2) is 9.00 Å². The highest BCUT2D eigenvalue weighted by Crippen LogP contribution is 2.17. The molecule has 0 saturated heterocycles. The monoisotopic (exact) mass is 356 g/mol. The summed E-state index contributed by atoms with van der Waals surface area (Å²) in [6.07, 6.45) is -1.94. The maximum Gasteiger partial charge on any atom is 0.443 e. The number of aliphatic carboxylic acids is 1. The van der Waals surface area contributed by atoms with Gasteiger partial charge in [-0.1, -0.05) is 30.3 Å². The molecule has 132 valence electrons. The van der Waals surface area contributed by atoms with E-state index in [1.165, 1.54) is 0 Å². The van der Waals surface area contributed by atoms with Crippen LogP contribution in [0, 0.1) is 0 Å². The Morgan fingerprint density at radius 3 is 2.46 bits per heavy atom. The summed E-state index contributed by atoms with van der Waals surface area (Å²) in [6.45, 7) is 2.76. The molecule has 1 rings (SSSR count). The fraction of sp³-hybridized carbons (Fsp3) is 0.400. The zero-order chi connectivity index (χ0) is 18.2. The van der Waals surface area contributed by atoms with Crippen LogP contribution in [-0.4, -0.2) is 33.0 Å². The average molecular weight is 356 g/mol. The number of nitrogens with zero attached hydrogens (tertiary/aromatic N) is 1. The van der Waals surface area contributed by atoms with Crippen molar-refractivity contribution in [3.05, 3.63) is 35.9 Å². The Bertz CT molecular complexity index is 710. The van der Waals surface area contributed by atoms with Crippen molar-refractivity contribution in [2.75, 3.05) is 5.75 Å². The second-order valence-corrected chi connectivity index (χ2v) is 7.10. The Morgan fingerprint density at radius 1 is 1.29 bits per heavy atom. The third-order valence-electron chi connectivity index (χ3n) is 2.88. The summed E-state index contributed by atoms with van der Waals surface area (Å²) in [5.74, 6) is -1.96. The predicted octanol–water partition coefficient (Wildman–Crippen LogP) is 2.27. The first-order valence-electron chi connectivity index (χ1n) is 7.22. The molecule has 0 bridgehead atoms. The number of benzene rings is 1. The lowest BCUT2D eigenvalue weighted by Gasteiger charge is -2.13. The van der Waals surface area contributed by atoms with E-state index in [0.29, 0.717) is 0 Å². The van der Waals surface area contributed by atoms with E-state index in [4.69, 9.17) is 9.84 Å². The summed E-state index contributed by atoms with van der Waals surface area (Å²) in [5, 5.41) is 8.62. The number of carboxylic acid groups (broad SMARTS) is 1. The van der Waals surface area contributed by atoms with Crippen molar-refractivity contribution in [1.82, 2.24) is 4.72 Å². The van der Waals surface area contributed by atoms with Crippen LogP contribution in [0.5, 0.6) is 0 Å². The van der Waals surface area contributed by atoms with Crippen LogP contribution < -0.4 is 4.72 Å². The van der Waals surface area contributed by atoms with E-state index in [0.717, 1.165) is 12.5 Å². The third-order valence-corrected chi connectivity index (χ3v) is 4.78. The molecule has 0 aliphatic carbocycles. The molecule has 0 spiro atoms. The Kier molecular flexibility index (Phi) is 7.37. The maximum atomic E-state index is 12.5. The second kappa shape index (κ2) is 9.02. The first-order valence-corrected chi connectivity index (χ1v) is 8.91. The Balaban J connectivity index is 2.84. The standard InChI is InChI=1S/C15H20N2O6S/c1-11(13-7-4-3-5-8-13)23-15(21)17-24(22,16-12(2)18)10-6-9-14(19)20/h3-5,7-8,11H,6,9-10H2,1-2H3,(H,19,20)(H,16,17,18,21,22)/t11-,24?/m0/s1. The molecule has 0 aliphatic heterocycles. The number of carbonyl (C=O) groups is 3. The molecule has 24 heavy (non-hydrogen) atoms. The van der Waals surface area contributed by atoms with E-state index in [9.17, 15) is 18.6 Å².